The highest BCUT2D eigenvalue weighted by Crippen LogP contribution is 2.11. The summed E-state index contributed by atoms with van der Waals surface area (Å²) in [6.07, 6.45) is 0. The van der Waals surface area contributed by atoms with Crippen LogP contribution < -0.4 is 12.4 Å². The fourth-order valence-corrected chi connectivity index (χ4v) is 1.77. The fraction of sp³-hybridized carbons (Fsp3) is 1.00. The zero-order valence-corrected chi connectivity index (χ0v) is 9.28. The van der Waals surface area contributed by atoms with Crippen molar-refractivity contribution >= 4 is 0 Å². The van der Waals surface area contributed by atoms with E-state index in [1.807, 2.05) is 0 Å². The molecule has 0 saturated heterocycles. The molecule has 0 heterocycles. The number of rotatable bonds is 4. The summed E-state index contributed by atoms with van der Waals surface area (Å²) in [7, 11) is 0. The molecule has 0 N–H and O–H groups in total. The molecule has 0 rings (SSSR count). The summed E-state index contributed by atoms with van der Waals surface area (Å²) < 4.78 is 1.26. The third-order valence-electron chi connectivity index (χ3n) is 2.98. The molecule has 0 atom stereocenters. The SMILES string of the molecule is CC[N+](CC)(CC)C(C)C.[Cl-]. The van der Waals surface area contributed by atoms with Gasteiger partial charge in [0.25, 0.3) is 0 Å². The van der Waals surface area contributed by atoms with Gasteiger partial charge < -0.3 is 16.9 Å². The minimum Gasteiger partial charge on any atom is -1.00 e. The van der Waals surface area contributed by atoms with Crippen LogP contribution in [0.25, 0.3) is 0 Å². The third kappa shape index (κ3) is 3.00. The van der Waals surface area contributed by atoms with Crippen molar-refractivity contribution in [3.05, 3.63) is 0 Å². The molecular formula is C9H22ClN. The first kappa shape index (κ1) is 13.8. The average molecular weight is 180 g/mol. The van der Waals surface area contributed by atoms with E-state index in [1.54, 1.807) is 0 Å². The summed E-state index contributed by atoms with van der Waals surface area (Å²) in [6, 6.07) is 0.778. The van der Waals surface area contributed by atoms with Crippen LogP contribution in [0.15, 0.2) is 0 Å². The van der Waals surface area contributed by atoms with Crippen LogP contribution in [0, 0.1) is 0 Å². The first-order valence-corrected chi connectivity index (χ1v) is 4.48. The zero-order valence-electron chi connectivity index (χ0n) is 8.52. The summed E-state index contributed by atoms with van der Waals surface area (Å²) in [5, 5.41) is 0. The van der Waals surface area contributed by atoms with Crippen molar-refractivity contribution in [2.24, 2.45) is 0 Å². The van der Waals surface area contributed by atoms with E-state index in [-0.39, 0.29) is 12.4 Å². The van der Waals surface area contributed by atoms with E-state index >= 15 is 0 Å². The van der Waals surface area contributed by atoms with Crippen LogP contribution in [0.1, 0.15) is 34.6 Å². The number of nitrogens with zero attached hydrogens (tertiary/aromatic N) is 1. The maximum atomic E-state index is 2.32. The Balaban J connectivity index is 0. The highest BCUT2D eigenvalue weighted by molar-refractivity contribution is 4.43. The Labute approximate surface area is 77.8 Å². The maximum absolute atomic E-state index is 2.32. The van der Waals surface area contributed by atoms with Crippen LogP contribution in [-0.2, 0) is 0 Å². The fourth-order valence-electron chi connectivity index (χ4n) is 1.77. The Morgan fingerprint density at radius 2 is 1.18 bits per heavy atom. The Morgan fingerprint density at radius 1 is 0.909 bits per heavy atom. The molecule has 0 spiro atoms. The molecule has 2 heteroatoms. The second-order valence-electron chi connectivity index (χ2n) is 3.26. The van der Waals surface area contributed by atoms with E-state index in [0.29, 0.717) is 0 Å². The van der Waals surface area contributed by atoms with Crippen LogP contribution in [0.2, 0.25) is 0 Å². The van der Waals surface area contributed by atoms with E-state index in [1.165, 1.54) is 24.1 Å². The van der Waals surface area contributed by atoms with E-state index in [0.717, 1.165) is 6.04 Å². The van der Waals surface area contributed by atoms with Crippen LogP contribution in [0.4, 0.5) is 0 Å². The van der Waals surface area contributed by atoms with Crippen molar-refractivity contribution < 1.29 is 16.9 Å². The molecule has 0 aliphatic carbocycles. The van der Waals surface area contributed by atoms with Gasteiger partial charge in [-0.1, -0.05) is 0 Å². The Kier molecular flexibility index (Phi) is 7.34. The number of halogens is 1. The highest BCUT2D eigenvalue weighted by atomic mass is 35.5. The van der Waals surface area contributed by atoms with Gasteiger partial charge in [0.05, 0.1) is 25.7 Å². The van der Waals surface area contributed by atoms with Gasteiger partial charge >= 0.3 is 0 Å². The molecule has 70 valence electrons. The van der Waals surface area contributed by atoms with E-state index in [2.05, 4.69) is 34.6 Å². The van der Waals surface area contributed by atoms with Crippen LogP contribution >= 0.6 is 0 Å². The second-order valence-corrected chi connectivity index (χ2v) is 3.26. The molecule has 0 aromatic carbocycles. The smallest absolute Gasteiger partial charge is 0.0833 e. The largest absolute Gasteiger partial charge is 1.00 e. The van der Waals surface area contributed by atoms with Crippen molar-refractivity contribution in [3.63, 3.8) is 0 Å². The van der Waals surface area contributed by atoms with Crippen molar-refractivity contribution in [1.29, 1.82) is 0 Å². The number of hydrogen-bond donors (Lipinski definition) is 0. The van der Waals surface area contributed by atoms with Crippen LogP contribution in [-0.4, -0.2) is 30.2 Å². The van der Waals surface area contributed by atoms with Gasteiger partial charge in [0.1, 0.15) is 0 Å². The highest BCUT2D eigenvalue weighted by Gasteiger charge is 2.23. The van der Waals surface area contributed by atoms with E-state index in [9.17, 15) is 0 Å². The Hall–Kier alpha value is 0.250. The summed E-state index contributed by atoms with van der Waals surface area (Å²) >= 11 is 0. The molecule has 0 unspecified atom stereocenters. The quantitative estimate of drug-likeness (QED) is 0.500. The molecule has 0 amide bonds. The predicted octanol–water partition coefficient (Wildman–Crippen LogP) is -0.725. The van der Waals surface area contributed by atoms with Crippen molar-refractivity contribution in [3.8, 4) is 0 Å². The second kappa shape index (κ2) is 5.84. The lowest BCUT2D eigenvalue weighted by atomic mass is 10.2. The van der Waals surface area contributed by atoms with Crippen LogP contribution in [0.5, 0.6) is 0 Å². The molecule has 0 aromatic rings. The van der Waals surface area contributed by atoms with Gasteiger partial charge in [-0.05, 0) is 34.6 Å². The van der Waals surface area contributed by atoms with Gasteiger partial charge in [0.2, 0.25) is 0 Å². The molecule has 0 bridgehead atoms. The number of hydrogen-bond acceptors (Lipinski definition) is 0. The summed E-state index contributed by atoms with van der Waals surface area (Å²) in [6.45, 7) is 15.3. The Morgan fingerprint density at radius 3 is 1.18 bits per heavy atom. The lowest BCUT2D eigenvalue weighted by Gasteiger charge is -2.39. The molecule has 0 radical (unpaired) electrons. The summed E-state index contributed by atoms with van der Waals surface area (Å²) in [5.41, 5.74) is 0. The van der Waals surface area contributed by atoms with E-state index in [4.69, 9.17) is 0 Å². The standard InChI is InChI=1S/C9H22N.ClH/c1-6-10(7-2,8-3)9(4)5;/h9H,6-8H2,1-5H3;1H/q+1;/p-1. The van der Waals surface area contributed by atoms with Crippen molar-refractivity contribution in [1.82, 2.24) is 0 Å². The molecular weight excluding hydrogens is 158 g/mol. The molecule has 1 nitrogen and oxygen atoms in total. The van der Waals surface area contributed by atoms with Crippen LogP contribution in [0.3, 0.4) is 0 Å². The molecule has 0 aliphatic rings. The maximum Gasteiger partial charge on any atom is 0.0833 e. The van der Waals surface area contributed by atoms with Gasteiger partial charge in [0, 0.05) is 0 Å². The van der Waals surface area contributed by atoms with Gasteiger partial charge in [0.15, 0.2) is 0 Å². The average Bonchev–Trinajstić information content (AvgIpc) is 1.92. The summed E-state index contributed by atoms with van der Waals surface area (Å²) in [4.78, 5) is 0. The summed E-state index contributed by atoms with van der Waals surface area (Å²) in [5.74, 6) is 0. The lowest BCUT2D eigenvalue weighted by molar-refractivity contribution is -0.943. The lowest BCUT2D eigenvalue weighted by Crippen LogP contribution is -3.00. The van der Waals surface area contributed by atoms with Gasteiger partial charge in [-0.2, -0.15) is 0 Å². The third-order valence-corrected chi connectivity index (χ3v) is 2.98. The minimum atomic E-state index is 0. The normalized spacial score (nSPS) is 11.5. The van der Waals surface area contributed by atoms with Crippen molar-refractivity contribution in [2.75, 3.05) is 19.6 Å². The van der Waals surface area contributed by atoms with Gasteiger partial charge in [-0.3, -0.25) is 0 Å². The zero-order chi connectivity index (χ0) is 8.20. The first-order chi connectivity index (χ1) is 4.63. The number of quaternary nitrogens is 1. The minimum absolute atomic E-state index is 0. The van der Waals surface area contributed by atoms with Gasteiger partial charge in [-0.25, -0.2) is 0 Å². The molecule has 0 aromatic heterocycles. The first-order valence-electron chi connectivity index (χ1n) is 4.48. The topological polar surface area (TPSA) is 0 Å². The molecule has 0 saturated carbocycles. The van der Waals surface area contributed by atoms with E-state index < -0.39 is 0 Å². The Bertz CT molecular complexity index is 79.3. The molecule has 0 aliphatic heterocycles. The predicted molar refractivity (Wildman–Crippen MR) is 47.0 cm³/mol. The van der Waals surface area contributed by atoms with Crippen molar-refractivity contribution in [2.45, 2.75) is 40.7 Å². The monoisotopic (exact) mass is 179 g/mol. The van der Waals surface area contributed by atoms with Gasteiger partial charge in [-0.15, -0.1) is 0 Å². The molecule has 11 heavy (non-hydrogen) atoms. The molecule has 0 fully saturated rings.